The van der Waals surface area contributed by atoms with Crippen molar-refractivity contribution in [2.45, 2.75) is 0 Å². The average molecular weight is 281 g/mol. The number of ether oxygens (including phenoxy) is 1. The number of fused-ring (bicyclic) bond motifs is 2. The minimum absolute atomic E-state index is 0.0802. The zero-order valence-corrected chi connectivity index (χ0v) is 11.1. The summed E-state index contributed by atoms with van der Waals surface area (Å²) in [7, 11) is 1.63. The van der Waals surface area contributed by atoms with E-state index in [1.807, 2.05) is 0 Å². The van der Waals surface area contributed by atoms with Crippen molar-refractivity contribution in [1.82, 2.24) is 4.57 Å². The summed E-state index contributed by atoms with van der Waals surface area (Å²) in [5, 5.41) is 20.5. The molecule has 0 spiro atoms. The lowest BCUT2D eigenvalue weighted by atomic mass is 9.96. The molecule has 0 unspecified atom stereocenters. The Morgan fingerprint density at radius 2 is 1.76 bits per heavy atom. The minimum Gasteiger partial charge on any atom is -0.508 e. The van der Waals surface area contributed by atoms with Gasteiger partial charge in [-0.05, 0) is 30.3 Å². The van der Waals surface area contributed by atoms with Crippen LogP contribution >= 0.6 is 0 Å². The fraction of sp³-hybridized carbons (Fsp3) is 0.0625. The van der Waals surface area contributed by atoms with Crippen molar-refractivity contribution >= 4 is 10.8 Å². The molecule has 1 aliphatic rings. The minimum atomic E-state index is -0.291. The molecule has 5 nitrogen and oxygen atoms in total. The quantitative estimate of drug-likeness (QED) is 0.520. The van der Waals surface area contributed by atoms with E-state index >= 15 is 0 Å². The second-order valence-electron chi connectivity index (χ2n) is 5.07. The van der Waals surface area contributed by atoms with Gasteiger partial charge in [0.25, 0.3) is 5.56 Å². The van der Waals surface area contributed by atoms with Gasteiger partial charge in [0.15, 0.2) is 0 Å². The van der Waals surface area contributed by atoms with E-state index in [0.717, 1.165) is 5.56 Å². The van der Waals surface area contributed by atoms with E-state index in [9.17, 15) is 15.0 Å². The summed E-state index contributed by atoms with van der Waals surface area (Å²) in [6, 6.07) is 7.90. The van der Waals surface area contributed by atoms with Gasteiger partial charge in [-0.2, -0.15) is 0 Å². The van der Waals surface area contributed by atoms with Crippen LogP contribution in [0.2, 0.25) is 0 Å². The first kappa shape index (κ1) is 11.8. The highest BCUT2D eigenvalue weighted by atomic mass is 16.5. The molecule has 0 fully saturated rings. The molecule has 0 saturated heterocycles. The van der Waals surface area contributed by atoms with Crippen LogP contribution in [0.1, 0.15) is 0 Å². The first-order valence-corrected chi connectivity index (χ1v) is 6.43. The SMILES string of the molecule is Cn1cc2c3c(ccc(O)c3c1=O)Oc1ccc(O)cc1-2. The van der Waals surface area contributed by atoms with Gasteiger partial charge in [0.2, 0.25) is 0 Å². The fourth-order valence-electron chi connectivity index (χ4n) is 2.77. The molecule has 2 aromatic carbocycles. The summed E-state index contributed by atoms with van der Waals surface area (Å²) >= 11 is 0. The molecule has 0 atom stereocenters. The summed E-state index contributed by atoms with van der Waals surface area (Å²) in [5.74, 6) is 1.16. The molecular formula is C16H11NO4. The summed E-state index contributed by atoms with van der Waals surface area (Å²) in [6.07, 6.45) is 1.69. The third-order valence-corrected chi connectivity index (χ3v) is 3.74. The average Bonchev–Trinajstić information content (AvgIpc) is 2.46. The molecule has 1 aliphatic heterocycles. The van der Waals surface area contributed by atoms with Crippen molar-refractivity contribution in [2.24, 2.45) is 7.05 Å². The van der Waals surface area contributed by atoms with Crippen LogP contribution in [-0.2, 0) is 7.05 Å². The smallest absolute Gasteiger partial charge is 0.262 e. The molecule has 4 rings (SSSR count). The zero-order chi connectivity index (χ0) is 14.7. The molecule has 0 bridgehead atoms. The third kappa shape index (κ3) is 1.48. The summed E-state index contributed by atoms with van der Waals surface area (Å²) < 4.78 is 7.20. The van der Waals surface area contributed by atoms with Crippen molar-refractivity contribution in [3.05, 3.63) is 46.9 Å². The summed E-state index contributed by atoms with van der Waals surface area (Å²) in [6.45, 7) is 0. The van der Waals surface area contributed by atoms with E-state index in [1.165, 1.54) is 10.6 Å². The number of aromatic hydroxyl groups is 2. The number of phenols is 2. The van der Waals surface area contributed by atoms with Gasteiger partial charge in [-0.3, -0.25) is 4.79 Å². The molecule has 0 aliphatic carbocycles. The Hall–Kier alpha value is -2.95. The predicted octanol–water partition coefficient (Wildman–Crippen LogP) is 2.72. The summed E-state index contributed by atoms with van der Waals surface area (Å²) in [4.78, 5) is 12.3. The molecule has 21 heavy (non-hydrogen) atoms. The molecule has 0 saturated carbocycles. The maximum Gasteiger partial charge on any atom is 0.262 e. The maximum absolute atomic E-state index is 12.3. The second kappa shape index (κ2) is 3.79. The van der Waals surface area contributed by atoms with E-state index in [1.54, 1.807) is 37.5 Å². The molecule has 2 heterocycles. The van der Waals surface area contributed by atoms with E-state index in [4.69, 9.17) is 4.74 Å². The fourth-order valence-corrected chi connectivity index (χ4v) is 2.77. The normalized spacial score (nSPS) is 12.0. The maximum atomic E-state index is 12.3. The third-order valence-electron chi connectivity index (χ3n) is 3.74. The van der Waals surface area contributed by atoms with Crippen LogP contribution in [0.4, 0.5) is 0 Å². The Kier molecular flexibility index (Phi) is 2.14. The monoisotopic (exact) mass is 281 g/mol. The molecular weight excluding hydrogens is 270 g/mol. The van der Waals surface area contributed by atoms with Crippen molar-refractivity contribution in [3.63, 3.8) is 0 Å². The van der Waals surface area contributed by atoms with Gasteiger partial charge in [0.1, 0.15) is 23.0 Å². The van der Waals surface area contributed by atoms with Crippen molar-refractivity contribution < 1.29 is 14.9 Å². The van der Waals surface area contributed by atoms with Crippen LogP contribution in [0.15, 0.2) is 41.3 Å². The van der Waals surface area contributed by atoms with Crippen LogP contribution < -0.4 is 10.3 Å². The van der Waals surface area contributed by atoms with E-state index in [2.05, 4.69) is 0 Å². The largest absolute Gasteiger partial charge is 0.508 e. The van der Waals surface area contributed by atoms with Gasteiger partial charge in [0.05, 0.1) is 5.39 Å². The number of benzene rings is 2. The Balaban J connectivity index is 2.26. The van der Waals surface area contributed by atoms with E-state index in [0.29, 0.717) is 22.4 Å². The summed E-state index contributed by atoms with van der Waals surface area (Å²) in [5.41, 5.74) is 1.14. The number of aryl methyl sites for hydroxylation is 1. The Morgan fingerprint density at radius 1 is 1.00 bits per heavy atom. The second-order valence-corrected chi connectivity index (χ2v) is 5.07. The predicted molar refractivity (Wildman–Crippen MR) is 78.0 cm³/mol. The van der Waals surface area contributed by atoms with Crippen LogP contribution in [0.3, 0.4) is 0 Å². The van der Waals surface area contributed by atoms with Crippen LogP contribution in [0, 0.1) is 0 Å². The number of nitrogens with zero attached hydrogens (tertiary/aromatic N) is 1. The highest BCUT2D eigenvalue weighted by Crippen LogP contribution is 2.47. The van der Waals surface area contributed by atoms with Crippen molar-refractivity contribution in [3.8, 4) is 34.1 Å². The van der Waals surface area contributed by atoms with Gasteiger partial charge in [-0.25, -0.2) is 0 Å². The molecule has 5 heteroatoms. The lowest BCUT2D eigenvalue weighted by Gasteiger charge is -2.22. The first-order chi connectivity index (χ1) is 10.1. The molecule has 3 aromatic rings. The van der Waals surface area contributed by atoms with Crippen LogP contribution in [0.5, 0.6) is 23.0 Å². The topological polar surface area (TPSA) is 71.7 Å². The lowest BCUT2D eigenvalue weighted by Crippen LogP contribution is -2.17. The van der Waals surface area contributed by atoms with Gasteiger partial charge in [-0.1, -0.05) is 0 Å². The van der Waals surface area contributed by atoms with Crippen LogP contribution in [-0.4, -0.2) is 14.8 Å². The number of aromatic nitrogens is 1. The number of pyridine rings is 1. The lowest BCUT2D eigenvalue weighted by molar-refractivity contribution is 0.463. The number of hydrogen-bond donors (Lipinski definition) is 2. The zero-order valence-electron chi connectivity index (χ0n) is 11.1. The molecule has 1 aromatic heterocycles. The number of hydrogen-bond acceptors (Lipinski definition) is 4. The Bertz CT molecular complexity index is 972. The Labute approximate surface area is 119 Å². The molecule has 104 valence electrons. The van der Waals surface area contributed by atoms with Gasteiger partial charge < -0.3 is 19.5 Å². The first-order valence-electron chi connectivity index (χ1n) is 6.43. The van der Waals surface area contributed by atoms with E-state index < -0.39 is 0 Å². The van der Waals surface area contributed by atoms with Crippen LogP contribution in [0.25, 0.3) is 21.9 Å². The van der Waals surface area contributed by atoms with E-state index in [-0.39, 0.29) is 22.4 Å². The number of rotatable bonds is 0. The highest BCUT2D eigenvalue weighted by molar-refractivity contribution is 6.05. The van der Waals surface area contributed by atoms with Crippen molar-refractivity contribution in [2.75, 3.05) is 0 Å². The van der Waals surface area contributed by atoms with Gasteiger partial charge >= 0.3 is 0 Å². The van der Waals surface area contributed by atoms with Gasteiger partial charge in [-0.15, -0.1) is 0 Å². The Morgan fingerprint density at radius 3 is 2.57 bits per heavy atom. The molecule has 2 N–H and O–H groups in total. The standard InChI is InChI=1S/C16H11NO4/c1-17-7-10-9-6-8(18)2-4-12(9)21-13-5-3-11(19)15(14(10)13)16(17)20/h2-7,18-19H,1H3. The molecule has 0 amide bonds. The number of phenolic OH excluding ortho intramolecular Hbond substituents is 2. The highest BCUT2D eigenvalue weighted by Gasteiger charge is 2.24. The van der Waals surface area contributed by atoms with Gasteiger partial charge in [0, 0.05) is 29.8 Å². The molecule has 0 radical (unpaired) electrons. The van der Waals surface area contributed by atoms with Crippen molar-refractivity contribution in [1.29, 1.82) is 0 Å².